The quantitative estimate of drug-likeness (QED) is 0.896. The molecule has 1 atom stereocenters. The molecule has 23 heavy (non-hydrogen) atoms. The van der Waals surface area contributed by atoms with Crippen LogP contribution in [0.5, 0.6) is 5.75 Å². The maximum absolute atomic E-state index is 12.8. The van der Waals surface area contributed by atoms with E-state index >= 15 is 0 Å². The van der Waals surface area contributed by atoms with Gasteiger partial charge in [-0.05, 0) is 19.1 Å². The van der Waals surface area contributed by atoms with Crippen LogP contribution in [0.15, 0.2) is 41.6 Å². The Kier molecular flexibility index (Phi) is 4.38. The molecule has 3 rings (SSSR count). The Morgan fingerprint density at radius 3 is 2.87 bits per heavy atom. The molecule has 1 aromatic carbocycles. The summed E-state index contributed by atoms with van der Waals surface area (Å²) in [5.41, 5.74) is 0.699. The minimum atomic E-state index is -3.55. The molecule has 2 aromatic rings. The molecule has 0 unspecified atom stereocenters. The molecule has 0 bridgehead atoms. The van der Waals surface area contributed by atoms with E-state index in [9.17, 15) is 8.42 Å². The first-order valence-electron chi connectivity index (χ1n) is 7.44. The fourth-order valence-corrected chi connectivity index (χ4v) is 4.27. The van der Waals surface area contributed by atoms with Crippen molar-refractivity contribution in [3.8, 4) is 11.4 Å². The van der Waals surface area contributed by atoms with E-state index in [4.69, 9.17) is 4.74 Å². The third-order valence-electron chi connectivity index (χ3n) is 3.94. The zero-order valence-electron chi connectivity index (χ0n) is 13.1. The second-order valence-corrected chi connectivity index (χ2v) is 7.35. The summed E-state index contributed by atoms with van der Waals surface area (Å²) in [5, 5.41) is 7.39. The third kappa shape index (κ3) is 2.97. The Bertz CT molecular complexity index is 788. The van der Waals surface area contributed by atoms with Gasteiger partial charge in [0, 0.05) is 25.7 Å². The van der Waals surface area contributed by atoms with Crippen LogP contribution in [0.4, 0.5) is 0 Å². The van der Waals surface area contributed by atoms with E-state index in [1.54, 1.807) is 7.11 Å². The predicted octanol–water partition coefficient (Wildman–Crippen LogP) is 0.863. The summed E-state index contributed by atoms with van der Waals surface area (Å²) in [6.45, 7) is 3.67. The average molecular weight is 336 g/mol. The number of nitrogens with one attached hydrogen (secondary N) is 1. The van der Waals surface area contributed by atoms with Crippen LogP contribution in [-0.4, -0.2) is 55.3 Å². The van der Waals surface area contributed by atoms with Crippen molar-refractivity contribution < 1.29 is 13.2 Å². The molecule has 0 spiro atoms. The summed E-state index contributed by atoms with van der Waals surface area (Å²) in [7, 11) is -1.98. The molecule has 0 saturated carbocycles. The lowest BCUT2D eigenvalue weighted by atomic mass is 10.3. The molecule has 1 N–H and O–H groups in total. The van der Waals surface area contributed by atoms with Gasteiger partial charge in [0.15, 0.2) is 0 Å². The number of rotatable bonds is 4. The highest BCUT2D eigenvalue weighted by Crippen LogP contribution is 2.24. The Morgan fingerprint density at radius 1 is 1.35 bits per heavy atom. The molecule has 1 aliphatic rings. The van der Waals surface area contributed by atoms with Gasteiger partial charge in [0.1, 0.15) is 16.3 Å². The number of ether oxygens (including phenoxy) is 1. The fraction of sp³-hybridized carbons (Fsp3) is 0.400. The van der Waals surface area contributed by atoms with E-state index in [-0.39, 0.29) is 10.9 Å². The van der Waals surface area contributed by atoms with E-state index < -0.39 is 10.0 Å². The first-order valence-corrected chi connectivity index (χ1v) is 8.88. The van der Waals surface area contributed by atoms with Crippen molar-refractivity contribution in [3.63, 3.8) is 0 Å². The maximum atomic E-state index is 12.8. The number of sulfonamides is 1. The summed E-state index contributed by atoms with van der Waals surface area (Å²) >= 11 is 0. The largest absolute Gasteiger partial charge is 0.494 e. The van der Waals surface area contributed by atoms with Crippen LogP contribution in [0, 0.1) is 0 Å². The van der Waals surface area contributed by atoms with Crippen molar-refractivity contribution in [2.45, 2.75) is 17.9 Å². The summed E-state index contributed by atoms with van der Waals surface area (Å²) in [6, 6.07) is 7.26. The van der Waals surface area contributed by atoms with Crippen LogP contribution >= 0.6 is 0 Å². The first-order chi connectivity index (χ1) is 11.0. The van der Waals surface area contributed by atoms with Gasteiger partial charge in [-0.3, -0.25) is 0 Å². The Labute approximate surface area is 135 Å². The van der Waals surface area contributed by atoms with Crippen LogP contribution in [-0.2, 0) is 10.0 Å². The maximum Gasteiger partial charge on any atom is 0.246 e. The summed E-state index contributed by atoms with van der Waals surface area (Å²) < 4.78 is 34.0. The van der Waals surface area contributed by atoms with Crippen LogP contribution in [0.2, 0.25) is 0 Å². The van der Waals surface area contributed by atoms with Crippen molar-refractivity contribution in [3.05, 3.63) is 36.7 Å². The number of benzene rings is 1. The Balaban J connectivity index is 1.95. The van der Waals surface area contributed by atoms with Gasteiger partial charge in [-0.25, -0.2) is 13.1 Å². The van der Waals surface area contributed by atoms with Gasteiger partial charge in [0.25, 0.3) is 0 Å². The topological polar surface area (TPSA) is 76.5 Å². The van der Waals surface area contributed by atoms with E-state index in [1.807, 2.05) is 31.2 Å². The summed E-state index contributed by atoms with van der Waals surface area (Å²) in [5.74, 6) is 0.634. The number of piperazine rings is 1. The third-order valence-corrected chi connectivity index (χ3v) is 5.90. The lowest BCUT2D eigenvalue weighted by Gasteiger charge is -2.32. The molecule has 8 heteroatoms. The van der Waals surface area contributed by atoms with Crippen molar-refractivity contribution in [1.29, 1.82) is 0 Å². The molecule has 1 aromatic heterocycles. The molecule has 0 radical (unpaired) electrons. The van der Waals surface area contributed by atoms with Crippen LogP contribution < -0.4 is 10.1 Å². The zero-order valence-corrected chi connectivity index (χ0v) is 14.0. The molecule has 1 fully saturated rings. The lowest BCUT2D eigenvalue weighted by molar-refractivity contribution is 0.284. The normalized spacial score (nSPS) is 19.7. The lowest BCUT2D eigenvalue weighted by Crippen LogP contribution is -2.52. The average Bonchev–Trinajstić information content (AvgIpc) is 3.05. The van der Waals surface area contributed by atoms with Gasteiger partial charge in [0.05, 0.1) is 19.5 Å². The van der Waals surface area contributed by atoms with Crippen LogP contribution in [0.25, 0.3) is 5.69 Å². The van der Waals surface area contributed by atoms with E-state index in [2.05, 4.69) is 10.4 Å². The highest BCUT2D eigenvalue weighted by molar-refractivity contribution is 7.89. The molecular formula is C15H20N4O3S. The smallest absolute Gasteiger partial charge is 0.246 e. The standard InChI is InChI=1S/C15H20N4O3S/c1-12-9-16-7-8-19(12)23(20,21)13-10-17-18(11-13)14-5-3-4-6-15(14)22-2/h3-6,10-12,16H,7-9H2,1-2H3/t12-/m0/s1. The minimum absolute atomic E-state index is 0.0802. The van der Waals surface area contributed by atoms with Crippen molar-refractivity contribution >= 4 is 10.0 Å². The molecule has 1 saturated heterocycles. The Hall–Kier alpha value is -1.90. The second-order valence-electron chi connectivity index (χ2n) is 5.46. The number of nitrogens with zero attached hydrogens (tertiary/aromatic N) is 3. The first kappa shape index (κ1) is 16.0. The van der Waals surface area contributed by atoms with E-state index in [0.29, 0.717) is 31.1 Å². The summed E-state index contributed by atoms with van der Waals surface area (Å²) in [6.07, 6.45) is 2.92. The van der Waals surface area contributed by atoms with Crippen LogP contribution in [0.3, 0.4) is 0 Å². The molecule has 124 valence electrons. The fourth-order valence-electron chi connectivity index (χ4n) is 2.71. The van der Waals surface area contributed by atoms with Gasteiger partial charge >= 0.3 is 0 Å². The number of methoxy groups -OCH3 is 1. The molecule has 7 nitrogen and oxygen atoms in total. The van der Waals surface area contributed by atoms with Crippen molar-refractivity contribution in [2.75, 3.05) is 26.7 Å². The van der Waals surface area contributed by atoms with Gasteiger partial charge in [-0.1, -0.05) is 12.1 Å². The molecule has 1 aliphatic heterocycles. The molecule has 0 aliphatic carbocycles. The van der Waals surface area contributed by atoms with Gasteiger partial charge in [-0.2, -0.15) is 9.40 Å². The molecule has 0 amide bonds. The van der Waals surface area contributed by atoms with E-state index in [0.717, 1.165) is 0 Å². The van der Waals surface area contributed by atoms with Crippen LogP contribution in [0.1, 0.15) is 6.92 Å². The summed E-state index contributed by atoms with van der Waals surface area (Å²) in [4.78, 5) is 0.192. The van der Waals surface area contributed by atoms with E-state index in [1.165, 1.54) is 21.4 Å². The van der Waals surface area contributed by atoms with Crippen molar-refractivity contribution in [1.82, 2.24) is 19.4 Å². The van der Waals surface area contributed by atoms with Crippen molar-refractivity contribution in [2.24, 2.45) is 0 Å². The van der Waals surface area contributed by atoms with Gasteiger partial charge < -0.3 is 10.1 Å². The number of hydrogen-bond acceptors (Lipinski definition) is 5. The zero-order chi connectivity index (χ0) is 16.4. The predicted molar refractivity (Wildman–Crippen MR) is 86.3 cm³/mol. The number of aromatic nitrogens is 2. The molecular weight excluding hydrogens is 316 g/mol. The SMILES string of the molecule is COc1ccccc1-n1cc(S(=O)(=O)N2CCNC[C@@H]2C)cn1. The monoisotopic (exact) mass is 336 g/mol. The Morgan fingerprint density at radius 2 is 2.13 bits per heavy atom. The molecule has 2 heterocycles. The number of para-hydroxylation sites is 2. The van der Waals surface area contributed by atoms with Gasteiger partial charge in [-0.15, -0.1) is 0 Å². The highest BCUT2D eigenvalue weighted by atomic mass is 32.2. The van der Waals surface area contributed by atoms with Gasteiger partial charge in [0.2, 0.25) is 10.0 Å². The second kappa shape index (κ2) is 6.31. The minimum Gasteiger partial charge on any atom is -0.494 e. The number of hydrogen-bond donors (Lipinski definition) is 1. The highest BCUT2D eigenvalue weighted by Gasteiger charge is 2.32.